The Kier molecular flexibility index (Phi) is 4.08. The number of hydrogen-bond donors (Lipinski definition) is 1. The van der Waals surface area contributed by atoms with Crippen molar-refractivity contribution < 1.29 is 19.4 Å². The van der Waals surface area contributed by atoms with Gasteiger partial charge in [0.25, 0.3) is 0 Å². The molecule has 0 saturated heterocycles. The highest BCUT2D eigenvalue weighted by Gasteiger charge is 2.14. The van der Waals surface area contributed by atoms with Crippen LogP contribution < -0.4 is 9.47 Å². The molecule has 3 rings (SSSR count). The number of rotatable bonds is 4. The number of hydrogen-bond acceptors (Lipinski definition) is 4. The topological polar surface area (TPSA) is 68.7 Å². The molecule has 1 heterocycles. The number of fused-ring (bicyclic) bond motifs is 1. The number of aromatic carboxylic acids is 1. The summed E-state index contributed by atoms with van der Waals surface area (Å²) in [5, 5.41) is 10.1. The molecule has 0 atom stereocenters. The smallest absolute Gasteiger partial charge is 0.336 e. The quantitative estimate of drug-likeness (QED) is 0.788. The molecule has 0 spiro atoms. The van der Waals surface area contributed by atoms with Crippen molar-refractivity contribution in [2.24, 2.45) is 0 Å². The lowest BCUT2D eigenvalue weighted by atomic mass is 10.0. The molecule has 0 unspecified atom stereocenters. The lowest BCUT2D eigenvalue weighted by molar-refractivity contribution is 0.0699. The van der Waals surface area contributed by atoms with Crippen molar-refractivity contribution in [2.45, 2.75) is 6.92 Å². The Bertz CT molecular complexity index is 934. The van der Waals surface area contributed by atoms with Gasteiger partial charge in [0.1, 0.15) is 11.5 Å². The number of benzene rings is 2. The van der Waals surface area contributed by atoms with Crippen LogP contribution in [0.5, 0.6) is 11.5 Å². The van der Waals surface area contributed by atoms with Crippen LogP contribution >= 0.6 is 0 Å². The van der Waals surface area contributed by atoms with Gasteiger partial charge in [0.2, 0.25) is 0 Å². The minimum atomic E-state index is -0.998. The number of carboxylic acid groups (broad SMARTS) is 1. The molecule has 0 amide bonds. The van der Waals surface area contributed by atoms with Crippen LogP contribution in [0.1, 0.15) is 15.9 Å². The molecule has 5 heteroatoms. The number of nitrogens with zero attached hydrogens (tertiary/aromatic N) is 1. The fourth-order valence-corrected chi connectivity index (χ4v) is 2.69. The van der Waals surface area contributed by atoms with E-state index in [1.165, 1.54) is 0 Å². The first kappa shape index (κ1) is 15.8. The molecular formula is C19H17NO4. The number of ether oxygens (including phenoxy) is 2. The number of pyridine rings is 1. The van der Waals surface area contributed by atoms with E-state index in [-0.39, 0.29) is 5.56 Å². The third-order valence-corrected chi connectivity index (χ3v) is 3.94. The van der Waals surface area contributed by atoms with Crippen molar-refractivity contribution in [3.63, 3.8) is 0 Å². The summed E-state index contributed by atoms with van der Waals surface area (Å²) in [7, 11) is 3.16. The predicted molar refractivity (Wildman–Crippen MR) is 92.0 cm³/mol. The summed E-state index contributed by atoms with van der Waals surface area (Å²) in [6.07, 6.45) is 0. The summed E-state index contributed by atoms with van der Waals surface area (Å²) in [4.78, 5) is 16.3. The summed E-state index contributed by atoms with van der Waals surface area (Å²) in [5.41, 5.74) is 3.22. The van der Waals surface area contributed by atoms with Gasteiger partial charge in [-0.05, 0) is 55.0 Å². The molecule has 2 aromatic carbocycles. The molecule has 24 heavy (non-hydrogen) atoms. The van der Waals surface area contributed by atoms with Crippen molar-refractivity contribution in [1.82, 2.24) is 4.98 Å². The van der Waals surface area contributed by atoms with Crippen LogP contribution in [0.25, 0.3) is 22.2 Å². The summed E-state index contributed by atoms with van der Waals surface area (Å²) in [5.74, 6) is 0.379. The first-order valence-electron chi connectivity index (χ1n) is 7.40. The molecule has 0 aliphatic rings. The average Bonchev–Trinajstić information content (AvgIpc) is 2.60. The second-order valence-corrected chi connectivity index (χ2v) is 5.43. The van der Waals surface area contributed by atoms with Gasteiger partial charge in [0, 0.05) is 10.9 Å². The average molecular weight is 323 g/mol. The fourth-order valence-electron chi connectivity index (χ4n) is 2.69. The zero-order valence-corrected chi connectivity index (χ0v) is 13.7. The molecular weight excluding hydrogens is 306 g/mol. The van der Waals surface area contributed by atoms with Gasteiger partial charge in [-0.3, -0.25) is 0 Å². The Morgan fingerprint density at radius 1 is 1.04 bits per heavy atom. The van der Waals surface area contributed by atoms with Crippen LogP contribution in [0, 0.1) is 6.92 Å². The number of aromatic nitrogens is 1. The molecule has 0 aliphatic carbocycles. The first-order valence-corrected chi connectivity index (χ1v) is 7.40. The summed E-state index contributed by atoms with van der Waals surface area (Å²) in [6.45, 7) is 1.94. The third kappa shape index (κ3) is 2.76. The van der Waals surface area contributed by atoms with E-state index < -0.39 is 5.97 Å². The monoisotopic (exact) mass is 323 g/mol. The van der Waals surface area contributed by atoms with Gasteiger partial charge in [-0.25, -0.2) is 9.78 Å². The van der Waals surface area contributed by atoms with E-state index in [0.717, 1.165) is 16.9 Å². The Hall–Kier alpha value is -3.08. The van der Waals surface area contributed by atoms with E-state index in [0.29, 0.717) is 22.3 Å². The van der Waals surface area contributed by atoms with Crippen LogP contribution in [-0.2, 0) is 0 Å². The summed E-state index contributed by atoms with van der Waals surface area (Å²) >= 11 is 0. The molecule has 0 fully saturated rings. The maximum atomic E-state index is 11.7. The first-order chi connectivity index (χ1) is 11.5. The van der Waals surface area contributed by atoms with Crippen molar-refractivity contribution in [1.29, 1.82) is 0 Å². The number of methoxy groups -OCH3 is 2. The van der Waals surface area contributed by atoms with E-state index >= 15 is 0 Å². The van der Waals surface area contributed by atoms with Gasteiger partial charge in [-0.15, -0.1) is 0 Å². The molecule has 1 aromatic heterocycles. The number of carboxylic acids is 1. The van der Waals surface area contributed by atoms with Crippen LogP contribution in [0.4, 0.5) is 0 Å². The molecule has 0 radical (unpaired) electrons. The van der Waals surface area contributed by atoms with Gasteiger partial charge in [-0.1, -0.05) is 0 Å². The van der Waals surface area contributed by atoms with E-state index in [1.807, 2.05) is 25.1 Å². The Morgan fingerprint density at radius 3 is 2.46 bits per heavy atom. The van der Waals surface area contributed by atoms with Gasteiger partial charge < -0.3 is 14.6 Å². The van der Waals surface area contributed by atoms with Crippen molar-refractivity contribution in [3.05, 3.63) is 53.6 Å². The zero-order valence-electron chi connectivity index (χ0n) is 13.7. The summed E-state index contributed by atoms with van der Waals surface area (Å²) in [6, 6.07) is 12.5. The molecule has 0 aliphatic heterocycles. The lowest BCUT2D eigenvalue weighted by Crippen LogP contribution is -2.01. The zero-order chi connectivity index (χ0) is 17.3. The van der Waals surface area contributed by atoms with Crippen LogP contribution in [0.2, 0.25) is 0 Å². The second-order valence-electron chi connectivity index (χ2n) is 5.43. The Morgan fingerprint density at radius 2 is 1.83 bits per heavy atom. The van der Waals surface area contributed by atoms with Gasteiger partial charge in [0.05, 0.1) is 31.0 Å². The van der Waals surface area contributed by atoms with E-state index in [1.54, 1.807) is 38.5 Å². The Labute approximate surface area is 139 Å². The molecule has 3 aromatic rings. The van der Waals surface area contributed by atoms with E-state index in [2.05, 4.69) is 4.98 Å². The molecule has 5 nitrogen and oxygen atoms in total. The Balaban J connectivity index is 2.22. The highest BCUT2D eigenvalue weighted by molar-refractivity contribution is 6.04. The van der Waals surface area contributed by atoms with Gasteiger partial charge >= 0.3 is 5.97 Å². The highest BCUT2D eigenvalue weighted by atomic mass is 16.5. The molecule has 0 saturated carbocycles. The standard InChI is InChI=1S/C19H17NO4/c1-11-8-12(4-7-18(11)24-3)17-10-15(19(21)22)14-9-13(23-2)5-6-16(14)20-17/h4-10H,1-3H3,(H,21,22). The fraction of sp³-hybridized carbons (Fsp3) is 0.158. The van der Waals surface area contributed by atoms with E-state index in [9.17, 15) is 9.90 Å². The van der Waals surface area contributed by atoms with Crippen LogP contribution in [0.3, 0.4) is 0 Å². The molecule has 0 bridgehead atoms. The van der Waals surface area contributed by atoms with Crippen LogP contribution in [0.15, 0.2) is 42.5 Å². The van der Waals surface area contributed by atoms with E-state index in [4.69, 9.17) is 9.47 Å². The minimum absolute atomic E-state index is 0.197. The highest BCUT2D eigenvalue weighted by Crippen LogP contribution is 2.30. The van der Waals surface area contributed by atoms with Crippen molar-refractivity contribution >= 4 is 16.9 Å². The summed E-state index contributed by atoms with van der Waals surface area (Å²) < 4.78 is 10.4. The second kappa shape index (κ2) is 6.20. The SMILES string of the molecule is COc1ccc2nc(-c3ccc(OC)c(C)c3)cc(C(=O)O)c2c1. The molecule has 1 N–H and O–H groups in total. The normalized spacial score (nSPS) is 10.6. The van der Waals surface area contributed by atoms with Crippen molar-refractivity contribution in [3.8, 4) is 22.8 Å². The van der Waals surface area contributed by atoms with Crippen LogP contribution in [-0.4, -0.2) is 30.3 Å². The number of carbonyl (C=O) groups is 1. The van der Waals surface area contributed by atoms with Gasteiger partial charge in [0.15, 0.2) is 0 Å². The third-order valence-electron chi connectivity index (χ3n) is 3.94. The number of aryl methyl sites for hydroxylation is 1. The predicted octanol–water partition coefficient (Wildman–Crippen LogP) is 3.93. The van der Waals surface area contributed by atoms with Crippen molar-refractivity contribution in [2.75, 3.05) is 14.2 Å². The maximum Gasteiger partial charge on any atom is 0.336 e. The maximum absolute atomic E-state index is 11.7. The lowest BCUT2D eigenvalue weighted by Gasteiger charge is -2.10. The largest absolute Gasteiger partial charge is 0.497 e. The van der Waals surface area contributed by atoms with Gasteiger partial charge in [-0.2, -0.15) is 0 Å². The minimum Gasteiger partial charge on any atom is -0.497 e. The molecule has 122 valence electrons.